The zero-order valence-corrected chi connectivity index (χ0v) is 17.2. The van der Waals surface area contributed by atoms with Gasteiger partial charge in [0.25, 0.3) is 5.69 Å². The highest BCUT2D eigenvalue weighted by molar-refractivity contribution is 7.89. The van der Waals surface area contributed by atoms with Crippen LogP contribution in [0.15, 0.2) is 41.3 Å². The summed E-state index contributed by atoms with van der Waals surface area (Å²) in [5.74, 6) is 0. The van der Waals surface area contributed by atoms with Crippen LogP contribution in [0.3, 0.4) is 0 Å². The molecule has 0 saturated carbocycles. The van der Waals surface area contributed by atoms with Gasteiger partial charge in [-0.3, -0.25) is 15.0 Å². The Kier molecular flexibility index (Phi) is 5.83. The molecule has 0 radical (unpaired) electrons. The number of nitro groups is 1. The summed E-state index contributed by atoms with van der Waals surface area (Å²) >= 11 is 0. The van der Waals surface area contributed by atoms with Crippen molar-refractivity contribution in [2.24, 2.45) is 0 Å². The van der Waals surface area contributed by atoms with Crippen LogP contribution in [0.4, 0.5) is 5.69 Å². The van der Waals surface area contributed by atoms with E-state index in [0.717, 1.165) is 16.7 Å². The third kappa shape index (κ3) is 4.09. The average Bonchev–Trinajstić information content (AvgIpc) is 2.65. The highest BCUT2D eigenvalue weighted by Gasteiger charge is 2.30. The van der Waals surface area contributed by atoms with Crippen LogP contribution in [-0.4, -0.2) is 48.7 Å². The Morgan fingerprint density at radius 1 is 1.04 bits per heavy atom. The highest BCUT2D eigenvalue weighted by Crippen LogP contribution is 2.25. The van der Waals surface area contributed by atoms with Gasteiger partial charge in [0, 0.05) is 44.4 Å². The van der Waals surface area contributed by atoms with Crippen LogP contribution >= 0.6 is 0 Å². The lowest BCUT2D eigenvalue weighted by Gasteiger charge is -2.34. The molecule has 0 aromatic heterocycles. The van der Waals surface area contributed by atoms with Crippen molar-refractivity contribution in [3.05, 3.63) is 68.8 Å². The Hall–Kier alpha value is -2.29. The third-order valence-corrected chi connectivity index (χ3v) is 7.34. The number of rotatable bonds is 5. The summed E-state index contributed by atoms with van der Waals surface area (Å²) in [6.07, 6.45) is 0. The van der Waals surface area contributed by atoms with Gasteiger partial charge < -0.3 is 0 Å². The maximum atomic E-state index is 13.0. The molecule has 1 saturated heterocycles. The predicted molar refractivity (Wildman–Crippen MR) is 108 cm³/mol. The molecule has 1 fully saturated rings. The molecule has 0 unspecified atom stereocenters. The first kappa shape index (κ1) is 20.4. The van der Waals surface area contributed by atoms with Crippen molar-refractivity contribution in [3.8, 4) is 0 Å². The van der Waals surface area contributed by atoms with E-state index in [9.17, 15) is 18.5 Å². The van der Waals surface area contributed by atoms with E-state index in [0.29, 0.717) is 43.2 Å². The van der Waals surface area contributed by atoms with E-state index in [1.807, 2.05) is 32.0 Å². The van der Waals surface area contributed by atoms with Crippen molar-refractivity contribution >= 4 is 15.7 Å². The molecule has 28 heavy (non-hydrogen) atoms. The van der Waals surface area contributed by atoms with Crippen molar-refractivity contribution in [2.45, 2.75) is 32.2 Å². The molecule has 0 atom stereocenters. The van der Waals surface area contributed by atoms with Crippen LogP contribution in [0.1, 0.15) is 22.3 Å². The molecule has 0 N–H and O–H groups in total. The Bertz CT molecular complexity index is 997. The van der Waals surface area contributed by atoms with Crippen LogP contribution < -0.4 is 0 Å². The normalized spacial score (nSPS) is 16.2. The minimum absolute atomic E-state index is 0.119. The fraction of sp³-hybridized carbons (Fsp3) is 0.400. The summed E-state index contributed by atoms with van der Waals surface area (Å²) in [7, 11) is -3.52. The van der Waals surface area contributed by atoms with E-state index < -0.39 is 10.0 Å². The van der Waals surface area contributed by atoms with Gasteiger partial charge in [-0.2, -0.15) is 4.31 Å². The number of piperazine rings is 1. The number of aryl methyl sites for hydroxylation is 2. The van der Waals surface area contributed by atoms with Crippen molar-refractivity contribution < 1.29 is 13.3 Å². The van der Waals surface area contributed by atoms with Gasteiger partial charge >= 0.3 is 0 Å². The molecule has 0 bridgehead atoms. The second kappa shape index (κ2) is 7.98. The monoisotopic (exact) mass is 403 g/mol. The predicted octanol–water partition coefficient (Wildman–Crippen LogP) is 3.03. The zero-order chi connectivity index (χ0) is 20.5. The second-order valence-corrected chi connectivity index (χ2v) is 9.17. The topological polar surface area (TPSA) is 83.8 Å². The van der Waals surface area contributed by atoms with E-state index in [1.165, 1.54) is 10.4 Å². The van der Waals surface area contributed by atoms with Crippen LogP contribution in [-0.2, 0) is 16.6 Å². The van der Waals surface area contributed by atoms with Gasteiger partial charge in [0.05, 0.1) is 9.82 Å². The first-order chi connectivity index (χ1) is 13.2. The standard InChI is InChI=1S/C20H25N3O4S/c1-15-7-8-16(2)20(13-15)28(26,27)22-11-9-21(10-12-22)14-18-5-4-6-19(17(18)3)23(24)25/h4-8,13H,9-12,14H2,1-3H3. The first-order valence-electron chi connectivity index (χ1n) is 9.23. The number of sulfonamides is 1. The lowest BCUT2D eigenvalue weighted by atomic mass is 10.1. The zero-order valence-electron chi connectivity index (χ0n) is 16.4. The summed E-state index contributed by atoms with van der Waals surface area (Å²) in [6, 6.07) is 10.6. The van der Waals surface area contributed by atoms with E-state index in [1.54, 1.807) is 19.1 Å². The number of nitrogens with zero attached hydrogens (tertiary/aromatic N) is 3. The summed E-state index contributed by atoms with van der Waals surface area (Å²) in [5, 5.41) is 11.1. The van der Waals surface area contributed by atoms with Crippen molar-refractivity contribution in [3.63, 3.8) is 0 Å². The quantitative estimate of drug-likeness (QED) is 0.566. The maximum absolute atomic E-state index is 13.0. The fourth-order valence-corrected chi connectivity index (χ4v) is 5.26. The molecule has 1 heterocycles. The van der Waals surface area contributed by atoms with Gasteiger partial charge in [0.1, 0.15) is 0 Å². The molecule has 0 aliphatic carbocycles. The molecular weight excluding hydrogens is 378 g/mol. The van der Waals surface area contributed by atoms with E-state index in [-0.39, 0.29) is 10.6 Å². The number of nitro benzene ring substituents is 1. The molecule has 0 spiro atoms. The van der Waals surface area contributed by atoms with Crippen LogP contribution in [0.5, 0.6) is 0 Å². The second-order valence-electron chi connectivity index (χ2n) is 7.27. The first-order valence-corrected chi connectivity index (χ1v) is 10.7. The van der Waals surface area contributed by atoms with Gasteiger partial charge in [0.15, 0.2) is 0 Å². The number of hydrogen-bond donors (Lipinski definition) is 0. The van der Waals surface area contributed by atoms with Crippen LogP contribution in [0.2, 0.25) is 0 Å². The highest BCUT2D eigenvalue weighted by atomic mass is 32.2. The average molecular weight is 404 g/mol. The van der Waals surface area contributed by atoms with E-state index in [2.05, 4.69) is 4.90 Å². The Morgan fingerprint density at radius 3 is 2.36 bits per heavy atom. The molecule has 2 aromatic carbocycles. The Labute approximate surface area is 165 Å². The molecule has 8 heteroatoms. The SMILES string of the molecule is Cc1ccc(C)c(S(=O)(=O)N2CCN(Cc3cccc([N+](=O)[O-])c3C)CC2)c1. The smallest absolute Gasteiger partial charge is 0.272 e. The van der Waals surface area contributed by atoms with Gasteiger partial charge in [-0.15, -0.1) is 0 Å². The largest absolute Gasteiger partial charge is 0.296 e. The molecule has 2 aromatic rings. The number of benzene rings is 2. The third-order valence-electron chi connectivity index (χ3n) is 5.30. The Morgan fingerprint density at radius 2 is 1.71 bits per heavy atom. The van der Waals surface area contributed by atoms with Gasteiger partial charge in [-0.05, 0) is 43.5 Å². The van der Waals surface area contributed by atoms with E-state index in [4.69, 9.17) is 0 Å². The van der Waals surface area contributed by atoms with E-state index >= 15 is 0 Å². The minimum Gasteiger partial charge on any atom is -0.296 e. The van der Waals surface area contributed by atoms with Gasteiger partial charge in [-0.1, -0.05) is 24.3 Å². The molecule has 0 amide bonds. The summed E-state index contributed by atoms with van der Waals surface area (Å²) < 4.78 is 27.6. The lowest BCUT2D eigenvalue weighted by molar-refractivity contribution is -0.385. The summed E-state index contributed by atoms with van der Waals surface area (Å²) in [5.41, 5.74) is 3.36. The summed E-state index contributed by atoms with van der Waals surface area (Å²) in [4.78, 5) is 13.3. The molecule has 1 aliphatic heterocycles. The molecule has 1 aliphatic rings. The van der Waals surface area contributed by atoms with Gasteiger partial charge in [-0.25, -0.2) is 8.42 Å². The number of hydrogen-bond acceptors (Lipinski definition) is 5. The van der Waals surface area contributed by atoms with Crippen molar-refractivity contribution in [2.75, 3.05) is 26.2 Å². The molecular formula is C20H25N3O4S. The summed E-state index contributed by atoms with van der Waals surface area (Å²) in [6.45, 7) is 8.02. The maximum Gasteiger partial charge on any atom is 0.272 e. The molecule has 7 nitrogen and oxygen atoms in total. The van der Waals surface area contributed by atoms with Gasteiger partial charge in [0.2, 0.25) is 10.0 Å². The van der Waals surface area contributed by atoms with Crippen molar-refractivity contribution in [1.82, 2.24) is 9.21 Å². The van der Waals surface area contributed by atoms with Crippen LogP contribution in [0, 0.1) is 30.9 Å². The fourth-order valence-electron chi connectivity index (χ4n) is 3.53. The Balaban J connectivity index is 1.70. The minimum atomic E-state index is -3.52. The molecule has 3 rings (SSSR count). The lowest BCUT2D eigenvalue weighted by Crippen LogP contribution is -2.48. The van der Waals surface area contributed by atoms with Crippen molar-refractivity contribution in [1.29, 1.82) is 0 Å². The molecule has 150 valence electrons. The van der Waals surface area contributed by atoms with Crippen LogP contribution in [0.25, 0.3) is 0 Å².